The maximum absolute atomic E-state index is 13.0. The van der Waals surface area contributed by atoms with Gasteiger partial charge in [0.2, 0.25) is 0 Å². The Labute approximate surface area is 204 Å². The summed E-state index contributed by atoms with van der Waals surface area (Å²) in [6.07, 6.45) is -0.978. The quantitative estimate of drug-likeness (QED) is 0.349. The van der Waals surface area contributed by atoms with Crippen LogP contribution < -0.4 is 5.32 Å². The zero-order valence-corrected chi connectivity index (χ0v) is 19.3. The first-order valence-electron chi connectivity index (χ1n) is 10.8. The predicted molar refractivity (Wildman–Crippen MR) is 125 cm³/mol. The minimum atomic E-state index is -4.48. The summed E-state index contributed by atoms with van der Waals surface area (Å²) in [4.78, 5) is 20.0. The summed E-state index contributed by atoms with van der Waals surface area (Å²) in [5.41, 5.74) is 2.21. The van der Waals surface area contributed by atoms with E-state index in [0.717, 1.165) is 23.9 Å². The molecule has 0 saturated heterocycles. The lowest BCUT2D eigenvalue weighted by atomic mass is 10.1. The molecule has 0 fully saturated rings. The smallest absolute Gasteiger partial charge is 0.416 e. The molecule has 0 radical (unpaired) electrons. The van der Waals surface area contributed by atoms with Crippen molar-refractivity contribution in [2.75, 3.05) is 12.4 Å². The third-order valence-electron chi connectivity index (χ3n) is 5.32. The lowest BCUT2D eigenvalue weighted by molar-refractivity contribution is -0.137. The number of carbonyl (C=O) groups excluding carboxylic acids is 1. The van der Waals surface area contributed by atoms with Crippen LogP contribution in [0.25, 0.3) is 11.3 Å². The number of aromatic nitrogens is 4. The van der Waals surface area contributed by atoms with Crippen LogP contribution >= 0.6 is 0 Å². The third-order valence-corrected chi connectivity index (χ3v) is 5.32. The number of alkyl halides is 3. The van der Waals surface area contributed by atoms with Gasteiger partial charge in [-0.2, -0.15) is 18.3 Å². The van der Waals surface area contributed by atoms with Crippen LogP contribution in [0.5, 0.6) is 0 Å². The van der Waals surface area contributed by atoms with Crippen molar-refractivity contribution in [1.82, 2.24) is 19.7 Å². The van der Waals surface area contributed by atoms with E-state index < -0.39 is 23.8 Å². The molecule has 0 aliphatic heterocycles. The number of ether oxygens (including phenoxy) is 1. The highest BCUT2D eigenvalue weighted by molar-refractivity contribution is 5.89. The molecule has 0 saturated carbocycles. The molecule has 3 heterocycles. The number of rotatable bonds is 7. The average Bonchev–Trinajstić information content (AvgIpc) is 3.31. The molecule has 186 valence electrons. The number of halogens is 3. The van der Waals surface area contributed by atoms with Crippen molar-refractivity contribution in [3.8, 4) is 11.3 Å². The second-order valence-electron chi connectivity index (χ2n) is 8.05. The molecule has 1 atom stereocenters. The molecular weight excluding hydrogens is 475 g/mol. The number of aliphatic hydroxyl groups excluding tert-OH is 1. The number of nitrogens with one attached hydrogen (secondary N) is 1. The van der Waals surface area contributed by atoms with Crippen molar-refractivity contribution in [2.45, 2.75) is 25.7 Å². The molecule has 0 amide bonds. The highest BCUT2D eigenvalue weighted by Crippen LogP contribution is 2.31. The third kappa shape index (κ3) is 5.87. The Kier molecular flexibility index (Phi) is 7.02. The molecule has 0 spiro atoms. The number of hydrogen-bond donors (Lipinski definition) is 2. The van der Waals surface area contributed by atoms with E-state index in [4.69, 9.17) is 0 Å². The van der Waals surface area contributed by atoms with Crippen LogP contribution in [0.3, 0.4) is 0 Å². The molecule has 2 N–H and O–H groups in total. The zero-order valence-electron chi connectivity index (χ0n) is 19.3. The number of hydrogen-bond acceptors (Lipinski definition) is 7. The number of pyridine rings is 2. The summed E-state index contributed by atoms with van der Waals surface area (Å²) >= 11 is 0. The normalized spacial score (nSPS) is 12.3. The molecule has 1 aromatic carbocycles. The second kappa shape index (κ2) is 10.2. The first kappa shape index (κ1) is 24.9. The summed E-state index contributed by atoms with van der Waals surface area (Å²) in [6.45, 7) is 1.99. The van der Waals surface area contributed by atoms with E-state index in [9.17, 15) is 23.1 Å². The van der Waals surface area contributed by atoms with E-state index in [-0.39, 0.29) is 12.4 Å². The molecule has 0 aliphatic rings. The van der Waals surface area contributed by atoms with E-state index >= 15 is 0 Å². The van der Waals surface area contributed by atoms with Gasteiger partial charge in [-0.1, -0.05) is 12.1 Å². The summed E-state index contributed by atoms with van der Waals surface area (Å²) in [6, 6.07) is 11.8. The molecule has 4 rings (SSSR count). The zero-order chi connectivity index (χ0) is 25.9. The topological polar surface area (TPSA) is 102 Å². The number of methoxy groups -OCH3 is 1. The number of benzene rings is 1. The number of anilines is 2. The SMILES string of the molecule is COC(=O)c1ccc(C(O)Cn2cc(-c3cc(C)cc(Nc4cc(C(F)(F)F)ccn4)n3)cn2)cc1. The Bertz CT molecular complexity index is 1370. The molecule has 8 nitrogen and oxygen atoms in total. The fourth-order valence-corrected chi connectivity index (χ4v) is 3.52. The Balaban J connectivity index is 1.49. The van der Waals surface area contributed by atoms with Crippen molar-refractivity contribution >= 4 is 17.6 Å². The number of nitrogens with zero attached hydrogens (tertiary/aromatic N) is 4. The Morgan fingerprint density at radius 2 is 1.89 bits per heavy atom. The molecule has 11 heteroatoms. The van der Waals surface area contributed by atoms with E-state index in [0.29, 0.717) is 28.2 Å². The van der Waals surface area contributed by atoms with Crippen LogP contribution in [0.1, 0.15) is 33.2 Å². The standard InChI is InChI=1S/C25H22F3N5O3/c1-15-9-20(31-23(10-15)32-22-11-19(7-8-29-22)25(26,27)28)18-12-30-33(13-18)14-21(34)16-3-5-17(6-4-16)24(35)36-2/h3-13,21,34H,14H2,1-2H3,(H,29,31,32). The molecule has 3 aromatic heterocycles. The first-order valence-corrected chi connectivity index (χ1v) is 10.8. The Hall–Kier alpha value is -4.25. The van der Waals surface area contributed by atoms with Crippen molar-refractivity contribution in [1.29, 1.82) is 0 Å². The van der Waals surface area contributed by atoms with Crippen LogP contribution in [0, 0.1) is 6.92 Å². The van der Waals surface area contributed by atoms with Gasteiger partial charge >= 0.3 is 12.1 Å². The second-order valence-corrected chi connectivity index (χ2v) is 8.05. The lowest BCUT2D eigenvalue weighted by Crippen LogP contribution is -2.09. The van der Waals surface area contributed by atoms with Gasteiger partial charge in [-0.3, -0.25) is 4.68 Å². The molecular formula is C25H22F3N5O3. The van der Waals surface area contributed by atoms with Gasteiger partial charge in [0.1, 0.15) is 11.6 Å². The summed E-state index contributed by atoms with van der Waals surface area (Å²) < 4.78 is 45.2. The van der Waals surface area contributed by atoms with Gasteiger partial charge in [0, 0.05) is 18.0 Å². The van der Waals surface area contributed by atoms with Crippen molar-refractivity contribution < 1.29 is 27.8 Å². The van der Waals surface area contributed by atoms with Gasteiger partial charge in [0.25, 0.3) is 0 Å². The number of aliphatic hydroxyl groups is 1. The van der Waals surface area contributed by atoms with Crippen LogP contribution in [-0.2, 0) is 17.5 Å². The Morgan fingerprint density at radius 3 is 2.58 bits per heavy atom. The average molecular weight is 497 g/mol. The Morgan fingerprint density at radius 1 is 1.14 bits per heavy atom. The van der Waals surface area contributed by atoms with Crippen LogP contribution in [0.15, 0.2) is 67.1 Å². The summed E-state index contributed by atoms with van der Waals surface area (Å²) in [7, 11) is 1.30. The van der Waals surface area contributed by atoms with Gasteiger partial charge in [0.15, 0.2) is 0 Å². The number of aryl methyl sites for hydroxylation is 1. The lowest BCUT2D eigenvalue weighted by Gasteiger charge is -2.12. The fraction of sp³-hybridized carbons (Fsp3) is 0.200. The highest BCUT2D eigenvalue weighted by Gasteiger charge is 2.30. The summed E-state index contributed by atoms with van der Waals surface area (Å²) in [5, 5.41) is 17.7. The van der Waals surface area contributed by atoms with Gasteiger partial charge in [0.05, 0.1) is 42.8 Å². The molecule has 36 heavy (non-hydrogen) atoms. The summed E-state index contributed by atoms with van der Waals surface area (Å²) in [5.74, 6) is -0.114. The number of esters is 1. The van der Waals surface area contributed by atoms with Crippen molar-refractivity contribution in [3.63, 3.8) is 0 Å². The molecule has 0 aliphatic carbocycles. The van der Waals surface area contributed by atoms with Crippen LogP contribution in [-0.4, -0.2) is 37.9 Å². The minimum absolute atomic E-state index is 0.0194. The van der Waals surface area contributed by atoms with E-state index in [1.54, 1.807) is 47.4 Å². The number of carbonyl (C=O) groups is 1. The highest BCUT2D eigenvalue weighted by atomic mass is 19.4. The maximum Gasteiger partial charge on any atom is 0.416 e. The van der Waals surface area contributed by atoms with E-state index in [2.05, 4.69) is 25.1 Å². The minimum Gasteiger partial charge on any atom is -0.465 e. The first-order chi connectivity index (χ1) is 17.1. The molecule has 0 bridgehead atoms. The van der Waals surface area contributed by atoms with Gasteiger partial charge in [-0.15, -0.1) is 0 Å². The largest absolute Gasteiger partial charge is 0.465 e. The van der Waals surface area contributed by atoms with Gasteiger partial charge in [-0.05, 0) is 54.4 Å². The van der Waals surface area contributed by atoms with Crippen LogP contribution in [0.2, 0.25) is 0 Å². The fourth-order valence-electron chi connectivity index (χ4n) is 3.52. The van der Waals surface area contributed by atoms with E-state index in [1.165, 1.54) is 7.11 Å². The predicted octanol–water partition coefficient (Wildman–Crippen LogP) is 4.93. The van der Waals surface area contributed by atoms with Crippen molar-refractivity contribution in [3.05, 3.63) is 89.4 Å². The van der Waals surface area contributed by atoms with E-state index in [1.807, 2.05) is 13.0 Å². The van der Waals surface area contributed by atoms with Crippen LogP contribution in [0.4, 0.5) is 24.8 Å². The van der Waals surface area contributed by atoms with Gasteiger partial charge < -0.3 is 15.2 Å². The van der Waals surface area contributed by atoms with Gasteiger partial charge in [-0.25, -0.2) is 14.8 Å². The maximum atomic E-state index is 13.0. The monoisotopic (exact) mass is 497 g/mol. The van der Waals surface area contributed by atoms with Crippen molar-refractivity contribution in [2.24, 2.45) is 0 Å². The molecule has 4 aromatic rings. The molecule has 1 unspecified atom stereocenters.